The minimum absolute atomic E-state index is 0.00406. The zero-order valence-electron chi connectivity index (χ0n) is 19.7. The SMILES string of the molecule is CNc1ncnc2c1c(C(=O)c1ccc(Nc3ccc(C)nc3)nc1F)cn2S(=O)(=O)c1ccccc1. The highest BCUT2D eigenvalue weighted by molar-refractivity contribution is 7.90. The molecule has 0 atom stereocenters. The number of hydrogen-bond acceptors (Lipinski definition) is 9. The molecule has 5 aromatic rings. The van der Waals surface area contributed by atoms with Crippen LogP contribution in [-0.2, 0) is 10.0 Å². The van der Waals surface area contributed by atoms with Gasteiger partial charge < -0.3 is 10.6 Å². The molecule has 37 heavy (non-hydrogen) atoms. The van der Waals surface area contributed by atoms with E-state index < -0.39 is 21.8 Å². The number of nitrogens with zero attached hydrogens (tertiary/aromatic N) is 5. The van der Waals surface area contributed by atoms with Crippen LogP contribution in [0.5, 0.6) is 0 Å². The first-order valence-electron chi connectivity index (χ1n) is 11.0. The van der Waals surface area contributed by atoms with Crippen molar-refractivity contribution in [3.05, 3.63) is 96.1 Å². The number of ketones is 1. The first kappa shape index (κ1) is 24.0. The van der Waals surface area contributed by atoms with E-state index in [4.69, 9.17) is 0 Å². The molecule has 1 aromatic carbocycles. The summed E-state index contributed by atoms with van der Waals surface area (Å²) in [7, 11) is -2.55. The Morgan fingerprint density at radius 2 is 1.76 bits per heavy atom. The number of benzene rings is 1. The van der Waals surface area contributed by atoms with E-state index in [1.54, 1.807) is 43.6 Å². The molecule has 0 saturated heterocycles. The van der Waals surface area contributed by atoms with Gasteiger partial charge in [-0.25, -0.2) is 27.3 Å². The Morgan fingerprint density at radius 1 is 0.973 bits per heavy atom. The van der Waals surface area contributed by atoms with Crippen LogP contribution in [0.2, 0.25) is 0 Å². The van der Waals surface area contributed by atoms with Crippen molar-refractivity contribution in [3.8, 4) is 0 Å². The van der Waals surface area contributed by atoms with Crippen molar-refractivity contribution in [1.82, 2.24) is 23.9 Å². The van der Waals surface area contributed by atoms with Crippen LogP contribution in [0.4, 0.5) is 21.7 Å². The van der Waals surface area contributed by atoms with Crippen LogP contribution in [0.3, 0.4) is 0 Å². The number of hydrogen-bond donors (Lipinski definition) is 2. The molecule has 10 nitrogen and oxygen atoms in total. The summed E-state index contributed by atoms with van der Waals surface area (Å²) in [4.78, 5) is 29.8. The summed E-state index contributed by atoms with van der Waals surface area (Å²) in [5, 5.41) is 5.91. The summed E-state index contributed by atoms with van der Waals surface area (Å²) in [6.45, 7) is 1.84. The topological polar surface area (TPSA) is 132 Å². The highest BCUT2D eigenvalue weighted by Gasteiger charge is 2.28. The lowest BCUT2D eigenvalue weighted by atomic mass is 10.0. The minimum atomic E-state index is -4.12. The normalized spacial score (nSPS) is 11.4. The van der Waals surface area contributed by atoms with Crippen LogP contribution < -0.4 is 10.6 Å². The second-order valence-corrected chi connectivity index (χ2v) is 9.82. The number of carbonyl (C=O) groups excluding carboxylic acids is 1. The molecule has 4 aromatic heterocycles. The van der Waals surface area contributed by atoms with Crippen LogP contribution in [-0.4, -0.2) is 45.2 Å². The molecule has 2 N–H and O–H groups in total. The van der Waals surface area contributed by atoms with E-state index in [2.05, 4.69) is 30.6 Å². The van der Waals surface area contributed by atoms with Crippen molar-refractivity contribution in [3.63, 3.8) is 0 Å². The molecule has 0 aliphatic carbocycles. The van der Waals surface area contributed by atoms with Gasteiger partial charge >= 0.3 is 0 Å². The van der Waals surface area contributed by atoms with Gasteiger partial charge in [-0.3, -0.25) is 9.78 Å². The van der Waals surface area contributed by atoms with Crippen molar-refractivity contribution in [2.75, 3.05) is 17.7 Å². The van der Waals surface area contributed by atoms with Gasteiger partial charge in [-0.1, -0.05) is 18.2 Å². The molecule has 0 fully saturated rings. The van der Waals surface area contributed by atoms with E-state index in [1.807, 2.05) is 6.92 Å². The van der Waals surface area contributed by atoms with Crippen LogP contribution in [0.1, 0.15) is 21.6 Å². The second kappa shape index (κ2) is 9.39. The summed E-state index contributed by atoms with van der Waals surface area (Å²) in [6, 6.07) is 14.0. The fourth-order valence-corrected chi connectivity index (χ4v) is 5.13. The maximum atomic E-state index is 15.1. The molecule has 0 bridgehead atoms. The molecule has 5 rings (SSSR count). The molecular formula is C25H20FN7O3S. The predicted octanol–water partition coefficient (Wildman–Crippen LogP) is 3.92. The molecular weight excluding hydrogens is 497 g/mol. The molecule has 0 saturated carbocycles. The van der Waals surface area contributed by atoms with Crippen molar-refractivity contribution < 1.29 is 17.6 Å². The number of halogens is 1. The van der Waals surface area contributed by atoms with Crippen molar-refractivity contribution >= 4 is 44.2 Å². The maximum absolute atomic E-state index is 15.1. The summed E-state index contributed by atoms with van der Waals surface area (Å²) in [5.41, 5.74) is 0.967. The largest absolute Gasteiger partial charge is 0.372 e. The van der Waals surface area contributed by atoms with Gasteiger partial charge in [0, 0.05) is 18.9 Å². The van der Waals surface area contributed by atoms with E-state index in [0.29, 0.717) is 5.69 Å². The zero-order valence-corrected chi connectivity index (χ0v) is 20.5. The van der Waals surface area contributed by atoms with Crippen molar-refractivity contribution in [2.24, 2.45) is 0 Å². The Bertz CT molecular complexity index is 1740. The highest BCUT2D eigenvalue weighted by atomic mass is 32.2. The third-order valence-corrected chi connectivity index (χ3v) is 7.27. The maximum Gasteiger partial charge on any atom is 0.269 e. The molecule has 12 heteroatoms. The van der Waals surface area contributed by atoms with Gasteiger partial charge in [-0.05, 0) is 43.3 Å². The predicted molar refractivity (Wildman–Crippen MR) is 136 cm³/mol. The van der Waals surface area contributed by atoms with Crippen LogP contribution >= 0.6 is 0 Å². The number of pyridine rings is 2. The lowest BCUT2D eigenvalue weighted by Crippen LogP contribution is -2.13. The Labute approximate surface area is 211 Å². The summed E-state index contributed by atoms with van der Waals surface area (Å²) >= 11 is 0. The molecule has 0 aliphatic heterocycles. The standard InChI is InChI=1S/C25H20FN7O3S/c1-15-8-9-16(12-28-15)31-20-11-10-18(23(26)32-20)22(34)19-13-33(25-21(19)24(27-2)29-14-30-25)37(35,36)17-6-4-3-5-7-17/h3-14H,1-2H3,(H,31,32)(H,27,29,30). The third kappa shape index (κ3) is 4.38. The molecule has 0 amide bonds. The Morgan fingerprint density at radius 3 is 2.43 bits per heavy atom. The quantitative estimate of drug-likeness (QED) is 0.243. The monoisotopic (exact) mass is 517 g/mol. The fraction of sp³-hybridized carbons (Fsp3) is 0.0800. The molecule has 0 aliphatic rings. The van der Waals surface area contributed by atoms with Gasteiger partial charge in [0.2, 0.25) is 5.95 Å². The Balaban J connectivity index is 1.59. The van der Waals surface area contributed by atoms with E-state index in [-0.39, 0.29) is 38.7 Å². The average Bonchev–Trinajstić information content (AvgIpc) is 3.31. The number of carbonyl (C=O) groups is 1. The van der Waals surface area contributed by atoms with Gasteiger partial charge in [0.05, 0.1) is 33.3 Å². The third-order valence-electron chi connectivity index (χ3n) is 5.61. The zero-order chi connectivity index (χ0) is 26.2. The van der Waals surface area contributed by atoms with E-state index >= 15 is 4.39 Å². The number of anilines is 3. The Kier molecular flexibility index (Phi) is 6.09. The van der Waals surface area contributed by atoms with Crippen molar-refractivity contribution in [2.45, 2.75) is 11.8 Å². The average molecular weight is 518 g/mol. The molecule has 0 unspecified atom stereocenters. The number of fused-ring (bicyclic) bond motifs is 1. The highest BCUT2D eigenvalue weighted by Crippen LogP contribution is 2.31. The molecule has 4 heterocycles. The van der Waals surface area contributed by atoms with E-state index in [1.165, 1.54) is 30.6 Å². The lowest BCUT2D eigenvalue weighted by molar-refractivity contribution is 0.103. The van der Waals surface area contributed by atoms with Gasteiger partial charge in [-0.15, -0.1) is 0 Å². The van der Waals surface area contributed by atoms with Crippen molar-refractivity contribution in [1.29, 1.82) is 0 Å². The van der Waals surface area contributed by atoms with E-state index in [9.17, 15) is 13.2 Å². The smallest absolute Gasteiger partial charge is 0.269 e. The molecule has 0 radical (unpaired) electrons. The molecule has 186 valence electrons. The Hall–Kier alpha value is -4.71. The van der Waals surface area contributed by atoms with Crippen LogP contribution in [0, 0.1) is 12.9 Å². The van der Waals surface area contributed by atoms with Gasteiger partial charge in [0.15, 0.2) is 11.4 Å². The number of aryl methyl sites for hydroxylation is 1. The lowest BCUT2D eigenvalue weighted by Gasteiger charge is -2.08. The number of rotatable bonds is 7. The summed E-state index contributed by atoms with van der Waals surface area (Å²) in [6.07, 6.45) is 3.89. The summed E-state index contributed by atoms with van der Waals surface area (Å²) in [5.74, 6) is -1.40. The van der Waals surface area contributed by atoms with Gasteiger partial charge in [-0.2, -0.15) is 4.39 Å². The number of aromatic nitrogens is 5. The van der Waals surface area contributed by atoms with Gasteiger partial charge in [0.1, 0.15) is 18.0 Å². The fourth-order valence-electron chi connectivity index (χ4n) is 3.79. The first-order chi connectivity index (χ1) is 17.8. The summed E-state index contributed by atoms with van der Waals surface area (Å²) < 4.78 is 42.8. The first-order valence-corrected chi connectivity index (χ1v) is 12.5. The number of nitrogens with one attached hydrogen (secondary N) is 2. The van der Waals surface area contributed by atoms with Crippen LogP contribution in [0.25, 0.3) is 11.0 Å². The second-order valence-electron chi connectivity index (χ2n) is 8.00. The minimum Gasteiger partial charge on any atom is -0.372 e. The van der Waals surface area contributed by atoms with E-state index in [0.717, 1.165) is 15.9 Å². The van der Waals surface area contributed by atoms with Crippen LogP contribution in [0.15, 0.2) is 78.2 Å². The van der Waals surface area contributed by atoms with Gasteiger partial charge in [0.25, 0.3) is 10.0 Å². The molecule has 0 spiro atoms.